The molecule has 0 spiro atoms. The highest BCUT2D eigenvalue weighted by molar-refractivity contribution is 7.20. The predicted octanol–water partition coefficient (Wildman–Crippen LogP) is 3.78. The minimum Gasteiger partial charge on any atom is -0.431 e. The molecule has 0 N–H and O–H groups in total. The van der Waals surface area contributed by atoms with E-state index in [2.05, 4.69) is 27.0 Å². The van der Waals surface area contributed by atoms with Crippen LogP contribution in [0.25, 0.3) is 10.3 Å². The van der Waals surface area contributed by atoms with E-state index in [1.165, 1.54) is 23.3 Å². The highest BCUT2D eigenvalue weighted by atomic mass is 32.1. The number of hydrogen-bond donors (Lipinski definition) is 0. The number of nitrogens with zero attached hydrogens (tertiary/aromatic N) is 4. The van der Waals surface area contributed by atoms with Crippen molar-refractivity contribution in [2.24, 2.45) is 11.8 Å². The Labute approximate surface area is 174 Å². The van der Waals surface area contributed by atoms with Crippen molar-refractivity contribution < 1.29 is 9.53 Å². The van der Waals surface area contributed by atoms with Crippen molar-refractivity contribution in [2.45, 2.75) is 19.9 Å². The van der Waals surface area contributed by atoms with Gasteiger partial charge in [-0.05, 0) is 48.1 Å². The van der Waals surface area contributed by atoms with Gasteiger partial charge in [0.25, 0.3) is 5.19 Å². The molecule has 1 aromatic carbocycles. The summed E-state index contributed by atoms with van der Waals surface area (Å²) in [6, 6.07) is 12.2. The van der Waals surface area contributed by atoms with E-state index in [0.29, 0.717) is 17.0 Å². The van der Waals surface area contributed by atoms with E-state index in [9.17, 15) is 4.79 Å². The second kappa shape index (κ2) is 7.72. The van der Waals surface area contributed by atoms with Crippen LogP contribution in [0.5, 0.6) is 10.9 Å². The minimum atomic E-state index is 0.215. The maximum absolute atomic E-state index is 11.7. The van der Waals surface area contributed by atoms with Crippen LogP contribution < -0.4 is 4.74 Å². The highest BCUT2D eigenvalue weighted by Gasteiger charge is 2.34. The number of likely N-dealkylation sites (tertiary alicyclic amines) is 2. The fraction of sp³-hybridized carbons (Fsp3) is 0.409. The zero-order valence-electron chi connectivity index (χ0n) is 16.5. The Balaban J connectivity index is 1.20. The molecule has 2 bridgehead atoms. The number of benzene rings is 1. The van der Waals surface area contributed by atoms with Crippen LogP contribution in [0.4, 0.5) is 0 Å². The molecule has 3 aromatic rings. The first-order valence-electron chi connectivity index (χ1n) is 10.1. The van der Waals surface area contributed by atoms with Gasteiger partial charge in [-0.1, -0.05) is 23.5 Å². The largest absolute Gasteiger partial charge is 0.431 e. The first-order chi connectivity index (χ1) is 14.1. The lowest BCUT2D eigenvalue weighted by Gasteiger charge is -2.45. The van der Waals surface area contributed by atoms with E-state index in [0.717, 1.165) is 48.8 Å². The van der Waals surface area contributed by atoms with Crippen LogP contribution in [-0.4, -0.2) is 51.9 Å². The van der Waals surface area contributed by atoms with Crippen LogP contribution in [0.1, 0.15) is 18.9 Å². The third-order valence-electron chi connectivity index (χ3n) is 5.78. The van der Waals surface area contributed by atoms with Crippen molar-refractivity contribution >= 4 is 27.6 Å². The number of thiazole rings is 1. The van der Waals surface area contributed by atoms with E-state index in [1.807, 2.05) is 29.2 Å². The van der Waals surface area contributed by atoms with Crippen molar-refractivity contribution in [3.63, 3.8) is 0 Å². The van der Waals surface area contributed by atoms with Crippen LogP contribution >= 0.6 is 11.3 Å². The molecule has 2 atom stereocenters. The lowest BCUT2D eigenvalue weighted by atomic mass is 9.84. The van der Waals surface area contributed by atoms with Gasteiger partial charge in [0.05, 0.1) is 4.70 Å². The van der Waals surface area contributed by atoms with Crippen LogP contribution in [0.2, 0.25) is 0 Å². The van der Waals surface area contributed by atoms with Gasteiger partial charge in [-0.2, -0.15) is 4.98 Å². The number of rotatable bonds is 4. The Morgan fingerprint density at radius 1 is 1.14 bits per heavy atom. The summed E-state index contributed by atoms with van der Waals surface area (Å²) in [6.07, 6.45) is 3.00. The summed E-state index contributed by atoms with van der Waals surface area (Å²) in [7, 11) is 0. The van der Waals surface area contributed by atoms with Gasteiger partial charge >= 0.3 is 0 Å². The number of amides is 1. The molecule has 2 aliphatic heterocycles. The van der Waals surface area contributed by atoms with Gasteiger partial charge in [-0.25, -0.2) is 4.98 Å². The number of hydrogen-bond acceptors (Lipinski definition) is 6. The van der Waals surface area contributed by atoms with Gasteiger partial charge in [-0.3, -0.25) is 9.69 Å². The fourth-order valence-corrected chi connectivity index (χ4v) is 5.38. The number of carbonyl (C=O) groups is 1. The van der Waals surface area contributed by atoms with Crippen LogP contribution in [0.15, 0.2) is 42.6 Å². The molecule has 2 fully saturated rings. The standard InChI is InChI=1S/C22H24N4O2S/c1-15(27)26-13-17-9-18(14-26)12-25(11-17)10-16-4-6-19(7-5-16)28-22-24-21-20(29-22)3-2-8-23-21/h2-8,17-18H,9-14H2,1H3/t17-,18+. The molecule has 150 valence electrons. The zero-order chi connectivity index (χ0) is 19.8. The summed E-state index contributed by atoms with van der Waals surface area (Å²) in [4.78, 5) is 24.9. The van der Waals surface area contributed by atoms with Crippen LogP contribution in [0.3, 0.4) is 0 Å². The molecule has 2 aromatic heterocycles. The van der Waals surface area contributed by atoms with Gasteiger partial charge in [0.2, 0.25) is 5.91 Å². The lowest BCUT2D eigenvalue weighted by molar-refractivity contribution is -0.133. The van der Waals surface area contributed by atoms with Crippen molar-refractivity contribution in [3.05, 3.63) is 48.2 Å². The Morgan fingerprint density at radius 2 is 1.90 bits per heavy atom. The van der Waals surface area contributed by atoms with Crippen LogP contribution in [0, 0.1) is 11.8 Å². The fourth-order valence-electron chi connectivity index (χ4n) is 4.59. The molecule has 2 saturated heterocycles. The second-order valence-corrected chi connectivity index (χ2v) is 9.13. The van der Waals surface area contributed by atoms with Crippen molar-refractivity contribution in [1.29, 1.82) is 0 Å². The maximum atomic E-state index is 11.7. The summed E-state index contributed by atoms with van der Waals surface area (Å²) in [6.45, 7) is 6.58. The van der Waals surface area contributed by atoms with Gasteiger partial charge in [-0.15, -0.1) is 0 Å². The number of aromatic nitrogens is 2. The second-order valence-electron chi connectivity index (χ2n) is 8.14. The highest BCUT2D eigenvalue weighted by Crippen LogP contribution is 2.31. The third kappa shape index (κ3) is 4.11. The normalized spacial score (nSPS) is 22.0. The van der Waals surface area contributed by atoms with Gasteiger partial charge in [0, 0.05) is 45.8 Å². The Kier molecular flexibility index (Phi) is 4.93. The average molecular weight is 409 g/mol. The first kappa shape index (κ1) is 18.5. The SMILES string of the molecule is CC(=O)N1C[C@@H]2C[C@@H](CN(Cc3ccc(Oc4nc5ncccc5s4)cc3)C2)C1. The molecule has 5 rings (SSSR count). The average Bonchev–Trinajstić information content (AvgIpc) is 3.11. The van der Waals surface area contributed by atoms with Gasteiger partial charge in [0.1, 0.15) is 5.75 Å². The molecular formula is C22H24N4O2S. The summed E-state index contributed by atoms with van der Waals surface area (Å²) in [5.41, 5.74) is 2.01. The molecule has 0 radical (unpaired) electrons. The number of pyridine rings is 1. The summed E-state index contributed by atoms with van der Waals surface area (Å²) < 4.78 is 6.95. The molecule has 0 saturated carbocycles. The molecule has 0 aliphatic carbocycles. The van der Waals surface area contributed by atoms with Gasteiger partial charge in [0.15, 0.2) is 5.65 Å². The Bertz CT molecular complexity index is 972. The molecule has 1 amide bonds. The summed E-state index contributed by atoms with van der Waals surface area (Å²) in [5, 5.41) is 0.616. The number of carbonyl (C=O) groups excluding carboxylic acids is 1. The van der Waals surface area contributed by atoms with Crippen molar-refractivity contribution in [1.82, 2.24) is 19.8 Å². The topological polar surface area (TPSA) is 58.6 Å². The molecule has 4 heterocycles. The Hall–Kier alpha value is -2.51. The quantitative estimate of drug-likeness (QED) is 0.657. The molecular weight excluding hydrogens is 384 g/mol. The summed E-state index contributed by atoms with van der Waals surface area (Å²) in [5.74, 6) is 2.20. The van der Waals surface area contributed by atoms with Crippen molar-refractivity contribution in [2.75, 3.05) is 26.2 Å². The van der Waals surface area contributed by atoms with E-state index < -0.39 is 0 Å². The third-order valence-corrected chi connectivity index (χ3v) is 6.67. The smallest absolute Gasteiger partial charge is 0.281 e. The zero-order valence-corrected chi connectivity index (χ0v) is 17.3. The number of fused-ring (bicyclic) bond motifs is 3. The van der Waals surface area contributed by atoms with E-state index in [-0.39, 0.29) is 5.91 Å². The molecule has 6 nitrogen and oxygen atoms in total. The molecule has 0 unspecified atom stereocenters. The van der Waals surface area contributed by atoms with Gasteiger partial charge < -0.3 is 9.64 Å². The number of piperidine rings is 2. The Morgan fingerprint density at radius 3 is 2.59 bits per heavy atom. The van der Waals surface area contributed by atoms with E-state index in [1.54, 1.807) is 13.1 Å². The summed E-state index contributed by atoms with van der Waals surface area (Å²) >= 11 is 1.50. The monoisotopic (exact) mass is 408 g/mol. The maximum Gasteiger partial charge on any atom is 0.281 e. The van der Waals surface area contributed by atoms with E-state index in [4.69, 9.17) is 4.74 Å². The van der Waals surface area contributed by atoms with Crippen molar-refractivity contribution in [3.8, 4) is 10.9 Å². The lowest BCUT2D eigenvalue weighted by Crippen LogP contribution is -2.53. The first-order valence-corrected chi connectivity index (χ1v) is 10.9. The molecule has 29 heavy (non-hydrogen) atoms. The molecule has 2 aliphatic rings. The number of ether oxygens (including phenoxy) is 1. The van der Waals surface area contributed by atoms with Crippen LogP contribution in [-0.2, 0) is 11.3 Å². The predicted molar refractivity (Wildman–Crippen MR) is 113 cm³/mol. The minimum absolute atomic E-state index is 0.215. The van der Waals surface area contributed by atoms with E-state index >= 15 is 0 Å². The molecule has 7 heteroatoms.